The van der Waals surface area contributed by atoms with Crippen molar-refractivity contribution in [3.8, 4) is 5.75 Å². The topological polar surface area (TPSA) is 46.2 Å². The van der Waals surface area contributed by atoms with Crippen LogP contribution in [0.5, 0.6) is 5.75 Å². The van der Waals surface area contributed by atoms with Gasteiger partial charge in [-0.05, 0) is 6.07 Å². The Labute approximate surface area is 80.8 Å². The summed E-state index contributed by atoms with van der Waals surface area (Å²) < 4.78 is 24.1. The largest absolute Gasteiger partial charge is 0.508 e. The van der Waals surface area contributed by atoms with Crippen LogP contribution in [0.15, 0.2) is 24.3 Å². The molecule has 0 aromatic heterocycles. The molecule has 0 bridgehead atoms. The molecule has 0 spiro atoms. The number of rotatable bonds is 2. The predicted octanol–water partition coefficient (Wildman–Crippen LogP) is 2.08. The maximum atomic E-state index is 12.1. The molecular weight excluding hydrogens is 200 g/mol. The van der Waals surface area contributed by atoms with Gasteiger partial charge in [0.1, 0.15) is 5.75 Å². The van der Waals surface area contributed by atoms with Gasteiger partial charge in [0, 0.05) is 5.56 Å². The number of nitrogens with two attached hydrogens (primary N) is 1. The second kappa shape index (κ2) is 4.99. The molecule has 1 atom stereocenters. The summed E-state index contributed by atoms with van der Waals surface area (Å²) in [5, 5.41) is 9.12. The standard InChI is InChI=1S/C8H9F2NO.ClH/c9-8(10)7(11)5-3-1-2-4-6(5)12;/h1-4,7-8,12H,11H2;1H/t7-;/m1./s1. The van der Waals surface area contributed by atoms with E-state index >= 15 is 0 Å². The van der Waals surface area contributed by atoms with Crippen LogP contribution >= 0.6 is 12.4 Å². The number of phenols is 1. The molecule has 2 nitrogen and oxygen atoms in total. The van der Waals surface area contributed by atoms with E-state index in [0.717, 1.165) is 0 Å². The van der Waals surface area contributed by atoms with Gasteiger partial charge in [0.15, 0.2) is 0 Å². The molecule has 0 heterocycles. The lowest BCUT2D eigenvalue weighted by Crippen LogP contribution is -2.18. The van der Waals surface area contributed by atoms with Crippen LogP contribution in [0.2, 0.25) is 0 Å². The van der Waals surface area contributed by atoms with E-state index in [0.29, 0.717) is 0 Å². The normalized spacial score (nSPS) is 12.3. The summed E-state index contributed by atoms with van der Waals surface area (Å²) in [6.45, 7) is 0. The van der Waals surface area contributed by atoms with Crippen LogP contribution in [-0.4, -0.2) is 11.5 Å². The van der Waals surface area contributed by atoms with Gasteiger partial charge in [-0.2, -0.15) is 0 Å². The van der Waals surface area contributed by atoms with Crippen LogP contribution in [0.1, 0.15) is 11.6 Å². The third kappa shape index (κ3) is 2.82. The molecule has 0 saturated heterocycles. The fourth-order valence-corrected chi connectivity index (χ4v) is 0.905. The number of hydrogen-bond donors (Lipinski definition) is 2. The summed E-state index contributed by atoms with van der Waals surface area (Å²) in [4.78, 5) is 0. The molecule has 0 fully saturated rings. The highest BCUT2D eigenvalue weighted by molar-refractivity contribution is 5.85. The predicted molar refractivity (Wildman–Crippen MR) is 48.3 cm³/mol. The molecule has 1 rings (SSSR count). The molecule has 0 radical (unpaired) electrons. The van der Waals surface area contributed by atoms with Crippen molar-refractivity contribution in [2.24, 2.45) is 5.73 Å². The Morgan fingerprint density at radius 1 is 1.23 bits per heavy atom. The Hall–Kier alpha value is -0.870. The van der Waals surface area contributed by atoms with Gasteiger partial charge in [0.05, 0.1) is 6.04 Å². The average Bonchev–Trinajstić information content (AvgIpc) is 2.04. The molecule has 3 N–H and O–H groups in total. The Balaban J connectivity index is 0.00000144. The van der Waals surface area contributed by atoms with Crippen molar-refractivity contribution >= 4 is 12.4 Å². The first-order valence-corrected chi connectivity index (χ1v) is 3.44. The molecular formula is C8H10ClF2NO. The quantitative estimate of drug-likeness (QED) is 0.784. The van der Waals surface area contributed by atoms with Crippen LogP contribution < -0.4 is 5.73 Å². The summed E-state index contributed by atoms with van der Waals surface area (Å²) in [6.07, 6.45) is -2.65. The number of halogens is 3. The number of phenolic OH excluding ortho intramolecular Hbond substituents is 1. The van der Waals surface area contributed by atoms with Crippen LogP contribution in [0.25, 0.3) is 0 Å². The summed E-state index contributed by atoms with van der Waals surface area (Å²) >= 11 is 0. The molecule has 13 heavy (non-hydrogen) atoms. The van der Waals surface area contributed by atoms with Gasteiger partial charge in [0.25, 0.3) is 6.43 Å². The first-order chi connectivity index (χ1) is 5.63. The van der Waals surface area contributed by atoms with Gasteiger partial charge in [0.2, 0.25) is 0 Å². The van der Waals surface area contributed by atoms with Crippen molar-refractivity contribution < 1.29 is 13.9 Å². The lowest BCUT2D eigenvalue weighted by molar-refractivity contribution is 0.115. The molecule has 0 aliphatic carbocycles. The summed E-state index contributed by atoms with van der Waals surface area (Å²) in [6, 6.07) is 4.41. The van der Waals surface area contributed by atoms with Crippen molar-refractivity contribution in [1.29, 1.82) is 0 Å². The highest BCUT2D eigenvalue weighted by Crippen LogP contribution is 2.25. The van der Waals surface area contributed by atoms with E-state index in [2.05, 4.69) is 0 Å². The van der Waals surface area contributed by atoms with E-state index < -0.39 is 12.5 Å². The van der Waals surface area contributed by atoms with Gasteiger partial charge < -0.3 is 10.8 Å². The average molecular weight is 210 g/mol. The van der Waals surface area contributed by atoms with Crippen molar-refractivity contribution in [3.05, 3.63) is 29.8 Å². The van der Waals surface area contributed by atoms with Gasteiger partial charge in [-0.25, -0.2) is 8.78 Å². The second-order valence-electron chi connectivity index (χ2n) is 2.42. The highest BCUT2D eigenvalue weighted by Gasteiger charge is 2.19. The Morgan fingerprint density at radius 3 is 2.23 bits per heavy atom. The van der Waals surface area contributed by atoms with E-state index in [4.69, 9.17) is 10.8 Å². The van der Waals surface area contributed by atoms with Crippen molar-refractivity contribution in [2.45, 2.75) is 12.5 Å². The van der Waals surface area contributed by atoms with Crippen molar-refractivity contribution in [3.63, 3.8) is 0 Å². The summed E-state index contributed by atoms with van der Waals surface area (Å²) in [5.74, 6) is -0.190. The Morgan fingerprint density at radius 2 is 1.77 bits per heavy atom. The summed E-state index contributed by atoms with van der Waals surface area (Å²) in [7, 11) is 0. The zero-order chi connectivity index (χ0) is 9.14. The van der Waals surface area contributed by atoms with Gasteiger partial charge in [-0.15, -0.1) is 12.4 Å². The molecule has 74 valence electrons. The Bertz CT molecular complexity index is 270. The first-order valence-electron chi connectivity index (χ1n) is 3.44. The maximum Gasteiger partial charge on any atom is 0.257 e. The van der Waals surface area contributed by atoms with Gasteiger partial charge >= 0.3 is 0 Å². The molecule has 0 aliphatic heterocycles. The first kappa shape index (κ1) is 12.1. The minimum atomic E-state index is -2.65. The molecule has 0 amide bonds. The van der Waals surface area contributed by atoms with E-state index in [-0.39, 0.29) is 23.7 Å². The number of aromatic hydroxyl groups is 1. The molecule has 5 heteroatoms. The van der Waals surface area contributed by atoms with Crippen LogP contribution in [0.3, 0.4) is 0 Å². The number of para-hydroxylation sites is 1. The third-order valence-electron chi connectivity index (χ3n) is 1.57. The SMILES string of the molecule is Cl.N[C@H](c1ccccc1O)C(F)F. The van der Waals surface area contributed by atoms with E-state index in [1.807, 2.05) is 0 Å². The van der Waals surface area contributed by atoms with E-state index in [1.54, 1.807) is 12.1 Å². The number of alkyl halides is 2. The number of hydrogen-bond acceptors (Lipinski definition) is 2. The smallest absolute Gasteiger partial charge is 0.257 e. The second-order valence-corrected chi connectivity index (χ2v) is 2.42. The molecule has 1 aromatic rings. The van der Waals surface area contributed by atoms with Gasteiger partial charge in [-0.3, -0.25) is 0 Å². The lowest BCUT2D eigenvalue weighted by atomic mass is 10.1. The molecule has 0 aliphatic rings. The maximum absolute atomic E-state index is 12.1. The molecule has 1 aromatic carbocycles. The minimum Gasteiger partial charge on any atom is -0.508 e. The number of benzene rings is 1. The monoisotopic (exact) mass is 209 g/mol. The van der Waals surface area contributed by atoms with Crippen molar-refractivity contribution in [2.75, 3.05) is 0 Å². The van der Waals surface area contributed by atoms with Crippen LogP contribution in [0, 0.1) is 0 Å². The van der Waals surface area contributed by atoms with Gasteiger partial charge in [-0.1, -0.05) is 18.2 Å². The molecule has 0 saturated carbocycles. The van der Waals surface area contributed by atoms with E-state index in [9.17, 15) is 8.78 Å². The van der Waals surface area contributed by atoms with Crippen LogP contribution in [-0.2, 0) is 0 Å². The Kier molecular flexibility index (Phi) is 4.66. The third-order valence-corrected chi connectivity index (χ3v) is 1.57. The zero-order valence-electron chi connectivity index (χ0n) is 6.65. The van der Waals surface area contributed by atoms with E-state index in [1.165, 1.54) is 12.1 Å². The summed E-state index contributed by atoms with van der Waals surface area (Å²) in [5.41, 5.74) is 5.20. The minimum absolute atomic E-state index is 0. The highest BCUT2D eigenvalue weighted by atomic mass is 35.5. The lowest BCUT2D eigenvalue weighted by Gasteiger charge is -2.11. The van der Waals surface area contributed by atoms with Crippen molar-refractivity contribution in [1.82, 2.24) is 0 Å². The molecule has 0 unspecified atom stereocenters. The van der Waals surface area contributed by atoms with Crippen LogP contribution in [0.4, 0.5) is 8.78 Å². The fraction of sp³-hybridized carbons (Fsp3) is 0.250. The zero-order valence-corrected chi connectivity index (χ0v) is 7.47. The fourth-order valence-electron chi connectivity index (χ4n) is 0.905.